The van der Waals surface area contributed by atoms with Crippen LogP contribution in [0.4, 0.5) is 16.4 Å². The van der Waals surface area contributed by atoms with Gasteiger partial charge in [0.15, 0.2) is 11.6 Å². The van der Waals surface area contributed by atoms with Crippen molar-refractivity contribution in [2.75, 3.05) is 5.32 Å². The maximum Gasteiger partial charge on any atom is 0.407 e. The van der Waals surface area contributed by atoms with Crippen molar-refractivity contribution in [1.82, 2.24) is 30.1 Å². The smallest absolute Gasteiger partial charge is 0.407 e. The Hall–Kier alpha value is -3.14. The maximum absolute atomic E-state index is 11.8. The quantitative estimate of drug-likeness (QED) is 0.475. The molecule has 0 unspecified atom stereocenters. The van der Waals surface area contributed by atoms with Crippen molar-refractivity contribution >= 4 is 23.2 Å². The van der Waals surface area contributed by atoms with E-state index in [1.54, 1.807) is 16.9 Å². The topological polar surface area (TPSA) is 135 Å². The molecule has 2 atom stereocenters. The predicted molar refractivity (Wildman–Crippen MR) is 117 cm³/mol. The second kappa shape index (κ2) is 8.18. The average molecular weight is 427 g/mol. The molecule has 31 heavy (non-hydrogen) atoms. The normalized spacial score (nSPS) is 19.2. The number of ether oxygens (including phenoxy) is 1. The first-order chi connectivity index (χ1) is 14.7. The number of amides is 1. The molecule has 3 aromatic rings. The summed E-state index contributed by atoms with van der Waals surface area (Å²) in [6.45, 7) is 7.66. The number of anilines is 2. The Balaban J connectivity index is 1.43. The van der Waals surface area contributed by atoms with Crippen molar-refractivity contribution in [3.05, 3.63) is 35.9 Å². The van der Waals surface area contributed by atoms with Crippen LogP contribution in [0.15, 0.2) is 24.5 Å². The molecule has 0 spiro atoms. The van der Waals surface area contributed by atoms with E-state index in [1.807, 2.05) is 39.8 Å². The molecule has 0 saturated heterocycles. The zero-order chi connectivity index (χ0) is 22.2. The van der Waals surface area contributed by atoms with E-state index in [9.17, 15) is 4.79 Å². The second-order valence-corrected chi connectivity index (χ2v) is 9.03. The average Bonchev–Trinajstić information content (AvgIpc) is 3.39. The number of rotatable bonds is 6. The van der Waals surface area contributed by atoms with Crippen LogP contribution in [0.5, 0.6) is 0 Å². The highest BCUT2D eigenvalue weighted by atomic mass is 16.6. The third-order valence-electron chi connectivity index (χ3n) is 5.40. The van der Waals surface area contributed by atoms with Crippen LogP contribution in [0, 0.1) is 0 Å². The molecule has 1 aliphatic rings. The zero-order valence-corrected chi connectivity index (χ0v) is 18.3. The molecule has 1 aliphatic carbocycles. The van der Waals surface area contributed by atoms with Gasteiger partial charge in [-0.2, -0.15) is 10.2 Å². The van der Waals surface area contributed by atoms with Crippen LogP contribution in [0.1, 0.15) is 64.3 Å². The van der Waals surface area contributed by atoms with Gasteiger partial charge in [-0.25, -0.2) is 14.3 Å². The number of carbonyl (C=O) groups is 1. The Labute approximate surface area is 180 Å². The lowest BCUT2D eigenvalue weighted by Gasteiger charge is -2.14. The van der Waals surface area contributed by atoms with Gasteiger partial charge in [-0.05, 0) is 53.0 Å². The third-order valence-corrected chi connectivity index (χ3v) is 5.40. The fourth-order valence-corrected chi connectivity index (χ4v) is 3.82. The van der Waals surface area contributed by atoms with Gasteiger partial charge in [0.25, 0.3) is 0 Å². The van der Waals surface area contributed by atoms with Crippen molar-refractivity contribution in [1.29, 1.82) is 0 Å². The molecule has 0 aliphatic heterocycles. The minimum atomic E-state index is -0.546. The van der Waals surface area contributed by atoms with E-state index in [1.165, 1.54) is 0 Å². The van der Waals surface area contributed by atoms with Crippen LogP contribution in [0.3, 0.4) is 0 Å². The lowest BCUT2D eigenvalue weighted by atomic mass is 10.0. The van der Waals surface area contributed by atoms with Crippen molar-refractivity contribution in [2.24, 2.45) is 5.73 Å². The zero-order valence-electron chi connectivity index (χ0n) is 18.3. The van der Waals surface area contributed by atoms with Gasteiger partial charge in [0, 0.05) is 36.1 Å². The van der Waals surface area contributed by atoms with E-state index in [-0.39, 0.29) is 24.2 Å². The van der Waals surface area contributed by atoms with Crippen molar-refractivity contribution in [2.45, 2.75) is 70.6 Å². The van der Waals surface area contributed by atoms with E-state index < -0.39 is 5.54 Å². The number of nitrogens with zero attached hydrogens (tertiary/aromatic N) is 4. The number of fused-ring (bicyclic) bond motifs is 1. The van der Waals surface area contributed by atoms with Crippen LogP contribution < -0.4 is 16.4 Å². The Morgan fingerprint density at radius 2 is 2.16 bits per heavy atom. The summed E-state index contributed by atoms with van der Waals surface area (Å²) in [6.07, 6.45) is 5.60. The van der Waals surface area contributed by atoms with Crippen LogP contribution in [-0.2, 0) is 10.3 Å². The maximum atomic E-state index is 11.8. The Kier molecular flexibility index (Phi) is 5.57. The predicted octanol–water partition coefficient (Wildman–Crippen LogP) is 3.16. The summed E-state index contributed by atoms with van der Waals surface area (Å²) in [4.78, 5) is 16.3. The Bertz CT molecular complexity index is 1060. The van der Waals surface area contributed by atoms with Crippen LogP contribution in [-0.4, -0.2) is 43.0 Å². The summed E-state index contributed by atoms with van der Waals surface area (Å²) in [7, 11) is 0. The van der Waals surface area contributed by atoms with Gasteiger partial charge >= 0.3 is 6.09 Å². The molecular formula is C21H30N8O2. The number of aromatic amines is 1. The molecule has 10 nitrogen and oxygen atoms in total. The SMILES string of the molecule is CC(C)NC(=O)O[C@@H]1CC[C@H](c2cc(Nc3nccn4nc(C(C)(C)N)cc34)n[nH]2)C1. The van der Waals surface area contributed by atoms with Crippen LogP contribution >= 0.6 is 0 Å². The van der Waals surface area contributed by atoms with Crippen molar-refractivity contribution in [3.8, 4) is 0 Å². The molecule has 1 saturated carbocycles. The van der Waals surface area contributed by atoms with E-state index in [0.717, 1.165) is 36.2 Å². The summed E-state index contributed by atoms with van der Waals surface area (Å²) in [5, 5.41) is 18.1. The lowest BCUT2D eigenvalue weighted by molar-refractivity contribution is 0.0981. The monoisotopic (exact) mass is 426 g/mol. The first-order valence-corrected chi connectivity index (χ1v) is 10.6. The van der Waals surface area contributed by atoms with Gasteiger partial charge in [-0.1, -0.05) is 0 Å². The van der Waals surface area contributed by atoms with Gasteiger partial charge in [-0.3, -0.25) is 5.10 Å². The number of nitrogens with two attached hydrogens (primary N) is 1. The first-order valence-electron chi connectivity index (χ1n) is 10.6. The number of hydrogen-bond donors (Lipinski definition) is 4. The number of carbonyl (C=O) groups excluding carboxylic acids is 1. The molecule has 0 bridgehead atoms. The fraction of sp³-hybridized carbons (Fsp3) is 0.524. The number of aromatic nitrogens is 5. The summed E-state index contributed by atoms with van der Waals surface area (Å²) >= 11 is 0. The van der Waals surface area contributed by atoms with Gasteiger partial charge in [0.1, 0.15) is 11.6 Å². The highest BCUT2D eigenvalue weighted by Crippen LogP contribution is 2.36. The number of alkyl carbamates (subject to hydrolysis) is 1. The van der Waals surface area contributed by atoms with Crippen LogP contribution in [0.25, 0.3) is 5.52 Å². The fourth-order valence-electron chi connectivity index (χ4n) is 3.82. The highest BCUT2D eigenvalue weighted by Gasteiger charge is 2.30. The van der Waals surface area contributed by atoms with E-state index in [0.29, 0.717) is 11.6 Å². The summed E-state index contributed by atoms with van der Waals surface area (Å²) in [5.74, 6) is 1.59. The second-order valence-electron chi connectivity index (χ2n) is 9.03. The molecule has 3 aromatic heterocycles. The largest absolute Gasteiger partial charge is 0.446 e. The van der Waals surface area contributed by atoms with E-state index in [4.69, 9.17) is 10.5 Å². The highest BCUT2D eigenvalue weighted by molar-refractivity contribution is 5.72. The van der Waals surface area contributed by atoms with Gasteiger partial charge in [0.2, 0.25) is 0 Å². The molecule has 1 amide bonds. The molecule has 3 heterocycles. The van der Waals surface area contributed by atoms with Gasteiger partial charge < -0.3 is 21.1 Å². The van der Waals surface area contributed by atoms with Gasteiger partial charge in [0.05, 0.1) is 11.2 Å². The summed E-state index contributed by atoms with van der Waals surface area (Å²) in [6, 6.07) is 3.98. The number of hydrogen-bond acceptors (Lipinski definition) is 7. The van der Waals surface area contributed by atoms with E-state index in [2.05, 4.69) is 30.9 Å². The van der Waals surface area contributed by atoms with Crippen molar-refractivity contribution in [3.63, 3.8) is 0 Å². The Morgan fingerprint density at radius 3 is 2.90 bits per heavy atom. The van der Waals surface area contributed by atoms with Crippen molar-refractivity contribution < 1.29 is 9.53 Å². The molecule has 0 radical (unpaired) electrons. The molecule has 5 N–H and O–H groups in total. The van der Waals surface area contributed by atoms with E-state index >= 15 is 0 Å². The number of H-pyrrole nitrogens is 1. The Morgan fingerprint density at radius 1 is 1.35 bits per heavy atom. The summed E-state index contributed by atoms with van der Waals surface area (Å²) < 4.78 is 7.28. The molecular weight excluding hydrogens is 396 g/mol. The lowest BCUT2D eigenvalue weighted by Crippen LogP contribution is -2.33. The van der Waals surface area contributed by atoms with Gasteiger partial charge in [-0.15, -0.1) is 0 Å². The molecule has 166 valence electrons. The first kappa shape index (κ1) is 21.1. The summed E-state index contributed by atoms with van der Waals surface area (Å²) in [5.41, 5.74) is 8.27. The standard InChI is InChI=1S/C21H30N8O2/c1-12(2)24-20(30)31-14-6-5-13(9-14)15-10-18(27-26-15)25-19-16-11-17(21(3,4)22)28-29(16)8-7-23-19/h7-8,10-14H,5-6,9,22H2,1-4H3,(H,24,30)(H2,23,25,26,27)/t13-,14+/m0/s1. The molecule has 4 rings (SSSR count). The molecule has 1 fully saturated rings. The van der Waals surface area contributed by atoms with Crippen LogP contribution in [0.2, 0.25) is 0 Å². The molecule has 10 heteroatoms. The minimum absolute atomic E-state index is 0.0618. The minimum Gasteiger partial charge on any atom is -0.446 e. The number of nitrogens with one attached hydrogen (secondary N) is 3. The molecule has 0 aromatic carbocycles. The third kappa shape index (κ3) is 4.79.